The zero-order valence-electron chi connectivity index (χ0n) is 38.7. The maximum atomic E-state index is 12.7. The van der Waals surface area contributed by atoms with Gasteiger partial charge >= 0.3 is 12.1 Å². The molecule has 8 rings (SSSR count). The van der Waals surface area contributed by atoms with Crippen molar-refractivity contribution >= 4 is 41.2 Å². The van der Waals surface area contributed by atoms with Crippen molar-refractivity contribution in [1.82, 2.24) is 15.5 Å². The number of fused-ring (bicyclic) bond motifs is 2. The van der Waals surface area contributed by atoms with Gasteiger partial charge in [-0.25, -0.2) is 9.59 Å². The average molecular weight is 955 g/mol. The fourth-order valence-electron chi connectivity index (χ4n) is 8.40. The number of oxime groups is 2. The summed E-state index contributed by atoms with van der Waals surface area (Å²) in [4.78, 5) is 71.2. The number of aliphatic hydroxyl groups is 2. The fourth-order valence-corrected chi connectivity index (χ4v) is 8.40. The van der Waals surface area contributed by atoms with Crippen molar-refractivity contribution in [1.29, 1.82) is 0 Å². The van der Waals surface area contributed by atoms with E-state index in [0.717, 1.165) is 23.3 Å². The Bertz CT molecular complexity index is 2270. The van der Waals surface area contributed by atoms with Gasteiger partial charge in [-0.3, -0.25) is 19.3 Å². The molecular formula is C45H62N8O15. The van der Waals surface area contributed by atoms with Gasteiger partial charge in [-0.2, -0.15) is 0 Å². The number of nitrogens with one attached hydrogen (secondary N) is 2. The molecule has 372 valence electrons. The van der Waals surface area contributed by atoms with E-state index in [0.29, 0.717) is 73.8 Å². The second-order valence-corrected chi connectivity index (χ2v) is 18.5. The highest BCUT2D eigenvalue weighted by atomic mass is 16.7. The third-order valence-electron chi connectivity index (χ3n) is 11.9. The van der Waals surface area contributed by atoms with Crippen molar-refractivity contribution in [3.05, 3.63) is 47.5 Å². The number of rotatable bonds is 13. The molecule has 11 N–H and O–H groups in total. The van der Waals surface area contributed by atoms with Crippen LogP contribution in [-0.4, -0.2) is 141 Å². The normalized spacial score (nSPS) is 24.5. The molecule has 4 amide bonds. The molecule has 2 unspecified atom stereocenters. The molecule has 0 radical (unpaired) electrons. The number of carbonyl (C=O) groups is 5. The van der Waals surface area contributed by atoms with E-state index >= 15 is 0 Å². The molecular weight excluding hydrogens is 893 g/mol. The number of hydrogen-bond donors (Lipinski definition) is 8. The summed E-state index contributed by atoms with van der Waals surface area (Å²) < 4.78 is 26.8. The number of nitrogens with two attached hydrogens (primary N) is 3. The number of benzene rings is 2. The predicted octanol–water partition coefficient (Wildman–Crippen LogP) is 1.10. The number of likely N-dealkylation sites (tertiary alicyclic amines) is 1. The minimum absolute atomic E-state index is 0.0937. The molecule has 6 aliphatic heterocycles. The zero-order valence-corrected chi connectivity index (χ0v) is 38.7. The van der Waals surface area contributed by atoms with E-state index in [-0.39, 0.29) is 32.5 Å². The van der Waals surface area contributed by atoms with Crippen molar-refractivity contribution in [2.24, 2.45) is 27.5 Å². The summed E-state index contributed by atoms with van der Waals surface area (Å²) in [6.45, 7) is 9.96. The highest BCUT2D eigenvalue weighted by molar-refractivity contribution is 6.03. The largest absolute Gasteiger partial charge is 0.480 e. The number of aliphatic carboxylic acids is 1. The summed E-state index contributed by atoms with van der Waals surface area (Å²) in [7, 11) is 0. The number of primary amides is 2. The first kappa shape index (κ1) is 51.0. The molecule has 2 saturated heterocycles. The summed E-state index contributed by atoms with van der Waals surface area (Å²) in [5, 5.41) is 42.8. The van der Waals surface area contributed by atoms with Crippen LogP contribution in [-0.2, 0) is 33.6 Å². The van der Waals surface area contributed by atoms with Crippen LogP contribution in [0.1, 0.15) is 97.1 Å². The lowest BCUT2D eigenvalue weighted by molar-refractivity contribution is -0.142. The van der Waals surface area contributed by atoms with E-state index < -0.39 is 77.1 Å². The summed E-state index contributed by atoms with van der Waals surface area (Å²) in [6.07, 6.45) is 0.789. The van der Waals surface area contributed by atoms with Crippen LogP contribution in [0.4, 0.5) is 4.79 Å². The summed E-state index contributed by atoms with van der Waals surface area (Å²) in [5.74, 6) is -0.327. The van der Waals surface area contributed by atoms with E-state index in [1.165, 1.54) is 4.90 Å². The molecule has 2 fully saturated rings. The molecule has 2 aromatic rings. The van der Waals surface area contributed by atoms with Crippen LogP contribution in [0.15, 0.2) is 46.7 Å². The molecule has 6 heterocycles. The van der Waals surface area contributed by atoms with Crippen LogP contribution in [0.2, 0.25) is 0 Å². The number of amides is 4. The average Bonchev–Trinajstić information content (AvgIpc) is 4.16. The summed E-state index contributed by atoms with van der Waals surface area (Å²) >= 11 is 0. The predicted molar refractivity (Wildman–Crippen MR) is 241 cm³/mol. The second kappa shape index (κ2) is 21.3. The molecule has 0 aromatic heterocycles. The Morgan fingerprint density at radius 1 is 0.824 bits per heavy atom. The Balaban J connectivity index is 0.000000188. The monoisotopic (exact) mass is 954 g/mol. The molecule has 2 aromatic carbocycles. The van der Waals surface area contributed by atoms with Gasteiger partial charge in [-0.05, 0) is 70.0 Å². The molecule has 6 aliphatic rings. The molecule has 0 aliphatic carbocycles. The van der Waals surface area contributed by atoms with Crippen LogP contribution in [0.3, 0.4) is 0 Å². The van der Waals surface area contributed by atoms with Crippen LogP contribution in [0.5, 0.6) is 23.0 Å². The molecule has 68 heavy (non-hydrogen) atoms. The number of nitrogens with zero attached hydrogens (tertiary/aromatic N) is 3. The quantitative estimate of drug-likeness (QED) is 0.139. The Morgan fingerprint density at radius 2 is 1.35 bits per heavy atom. The number of carboxylic acids is 1. The Kier molecular flexibility index (Phi) is 15.9. The topological polar surface area (TPSA) is 341 Å². The molecule has 8 atom stereocenters. The number of carboxylic acid groups (broad SMARTS) is 1. The van der Waals surface area contributed by atoms with Crippen molar-refractivity contribution in [2.45, 2.75) is 139 Å². The number of carbonyl (C=O) groups excluding carboxylic acids is 4. The van der Waals surface area contributed by atoms with Crippen molar-refractivity contribution in [2.75, 3.05) is 26.7 Å². The van der Waals surface area contributed by atoms with Crippen LogP contribution < -0.4 is 46.8 Å². The third-order valence-corrected chi connectivity index (χ3v) is 11.9. The van der Waals surface area contributed by atoms with Crippen LogP contribution in [0.25, 0.3) is 0 Å². The van der Waals surface area contributed by atoms with Gasteiger partial charge in [0.25, 0.3) is 0 Å². The van der Waals surface area contributed by atoms with Gasteiger partial charge in [0.15, 0.2) is 40.3 Å². The Hall–Kier alpha value is -6.43. The first-order valence-electron chi connectivity index (χ1n) is 22.4. The van der Waals surface area contributed by atoms with Gasteiger partial charge in [0.05, 0.1) is 30.1 Å². The zero-order chi connectivity index (χ0) is 49.6. The van der Waals surface area contributed by atoms with E-state index in [1.54, 1.807) is 26.8 Å². The summed E-state index contributed by atoms with van der Waals surface area (Å²) in [5.41, 5.74) is 16.3. The Morgan fingerprint density at radius 3 is 1.87 bits per heavy atom. The Labute approximate surface area is 392 Å². The van der Waals surface area contributed by atoms with Gasteiger partial charge in [0.2, 0.25) is 31.3 Å². The molecule has 0 saturated carbocycles. The highest BCUT2D eigenvalue weighted by Gasteiger charge is 2.55. The van der Waals surface area contributed by atoms with E-state index in [1.807, 2.05) is 44.2 Å². The van der Waals surface area contributed by atoms with Gasteiger partial charge in [0.1, 0.15) is 17.7 Å². The first-order valence-corrected chi connectivity index (χ1v) is 22.4. The van der Waals surface area contributed by atoms with Crippen LogP contribution in [0, 0.1) is 0 Å². The standard InChI is InChI=1S/C20H26N4O6.C19H22N2O7.C6H14N2O2/c1-2-3-12(17(25)18(21)26)23-19(27)14-8-20(9-22-14)7-13(24-30-20)11-4-5-15-16(6-11)29-10-28-15;1-18(2,3)27-17(24)21-9-19(8-13(21)16(22)23)7-12(20-28-19)11-4-5-14-15(6-11)26-10-25-14;1-2-3-4(7)5(9)6(8)10/h4-6,12,14,17,22,25H,2-3,7-10H2,1H3,(H2,21,26)(H,23,27);4-6,13H,7-10H2,1-3H3,(H,22,23);4-5,9H,2-3,7H2,1H3,(H2,8,10)/t12-,14-,17?,20+;13-,19+;4-,5?/m000/s1. The van der Waals surface area contributed by atoms with Crippen molar-refractivity contribution in [3.63, 3.8) is 0 Å². The molecule has 2 spiro atoms. The smallest absolute Gasteiger partial charge is 0.411 e. The SMILES string of the molecule is CC(C)(C)OC(=O)N1C[C@@]2(CC(c3ccc4c(c3)OCO4)=NO2)C[C@H]1C(=O)O.CCC[C@H](N)C(O)C(N)=O.CCC[C@H](NC(=O)[C@@H]1C[C@@]2(CN1)CC(c1ccc3c(c1)OCO3)=NO2)C(O)C(N)=O. The van der Waals surface area contributed by atoms with E-state index in [4.69, 9.17) is 55.7 Å². The second-order valence-electron chi connectivity index (χ2n) is 18.5. The van der Waals surface area contributed by atoms with Gasteiger partial charge in [-0.1, -0.05) is 37.0 Å². The van der Waals surface area contributed by atoms with Crippen molar-refractivity contribution < 1.29 is 72.7 Å². The lowest BCUT2D eigenvalue weighted by atomic mass is 9.91. The van der Waals surface area contributed by atoms with Gasteiger partial charge < -0.3 is 76.5 Å². The molecule has 23 heteroatoms. The van der Waals surface area contributed by atoms with E-state index in [9.17, 15) is 34.2 Å². The lowest BCUT2D eigenvalue weighted by Gasteiger charge is -2.27. The van der Waals surface area contributed by atoms with E-state index in [2.05, 4.69) is 20.9 Å². The minimum Gasteiger partial charge on any atom is -0.480 e. The summed E-state index contributed by atoms with van der Waals surface area (Å²) in [6, 6.07) is 8.31. The number of hydrogen-bond acceptors (Lipinski definition) is 18. The number of aliphatic hydroxyl groups excluding tert-OH is 2. The highest BCUT2D eigenvalue weighted by Crippen LogP contribution is 2.42. The van der Waals surface area contributed by atoms with Gasteiger partial charge in [0, 0.05) is 49.4 Å². The third kappa shape index (κ3) is 12.2. The molecule has 0 bridgehead atoms. The maximum absolute atomic E-state index is 12.7. The minimum atomic E-state index is -1.42. The van der Waals surface area contributed by atoms with Crippen LogP contribution >= 0.6 is 0 Å². The van der Waals surface area contributed by atoms with Gasteiger partial charge in [-0.15, -0.1) is 0 Å². The fraction of sp³-hybridized carbons (Fsp3) is 0.578. The maximum Gasteiger partial charge on any atom is 0.411 e. The molecule has 23 nitrogen and oxygen atoms in total. The van der Waals surface area contributed by atoms with Crippen molar-refractivity contribution in [3.8, 4) is 23.0 Å². The lowest BCUT2D eigenvalue weighted by Crippen LogP contribution is -2.53. The number of ether oxygens (including phenoxy) is 5. The first-order chi connectivity index (χ1) is 32.2.